The molecule has 1 aliphatic rings. The topological polar surface area (TPSA) is 139 Å². The molecule has 4 rings (SSSR count). The first kappa shape index (κ1) is 25.1. The molecule has 0 amide bonds. The van der Waals surface area contributed by atoms with Crippen molar-refractivity contribution in [1.29, 1.82) is 0 Å². The van der Waals surface area contributed by atoms with E-state index in [-0.39, 0.29) is 17.1 Å². The Morgan fingerprint density at radius 2 is 1.41 bits per heavy atom. The van der Waals surface area contributed by atoms with E-state index in [2.05, 4.69) is 14.4 Å². The number of rotatable bonds is 5. The van der Waals surface area contributed by atoms with E-state index in [1.807, 2.05) is 38.4 Å². The van der Waals surface area contributed by atoms with Crippen LogP contribution in [0.3, 0.4) is 0 Å². The molecule has 9 nitrogen and oxygen atoms in total. The largest absolute Gasteiger partial charge is 0.398 e. The fourth-order valence-corrected chi connectivity index (χ4v) is 3.62. The van der Waals surface area contributed by atoms with Crippen molar-refractivity contribution in [3.05, 3.63) is 88.5 Å². The van der Waals surface area contributed by atoms with Crippen LogP contribution in [0, 0.1) is 0 Å². The van der Waals surface area contributed by atoms with Gasteiger partial charge < -0.3 is 16.0 Å². The van der Waals surface area contributed by atoms with E-state index in [1.165, 1.54) is 0 Å². The van der Waals surface area contributed by atoms with E-state index in [9.17, 15) is 18.0 Å². The summed E-state index contributed by atoms with van der Waals surface area (Å²) >= 11 is 0. The first-order valence-electron chi connectivity index (χ1n) is 10.2. The summed E-state index contributed by atoms with van der Waals surface area (Å²) in [6, 6.07) is 18.2. The Morgan fingerprint density at radius 1 is 0.882 bits per heavy atom. The van der Waals surface area contributed by atoms with Crippen LogP contribution in [0.25, 0.3) is 0 Å². The van der Waals surface area contributed by atoms with Crippen molar-refractivity contribution in [2.45, 2.75) is 6.54 Å². The van der Waals surface area contributed by atoms with Crippen molar-refractivity contribution in [2.75, 3.05) is 32.3 Å². The highest BCUT2D eigenvalue weighted by molar-refractivity contribution is 7.80. The van der Waals surface area contributed by atoms with Gasteiger partial charge in [-0.1, -0.05) is 42.5 Å². The van der Waals surface area contributed by atoms with Crippen molar-refractivity contribution < 1.29 is 26.7 Å². The smallest absolute Gasteiger partial charge is 0.397 e. The second-order valence-corrected chi connectivity index (χ2v) is 8.96. The van der Waals surface area contributed by atoms with Gasteiger partial charge in [0.15, 0.2) is 11.6 Å². The Balaban J connectivity index is 0.000000481. The van der Waals surface area contributed by atoms with E-state index < -0.39 is 10.4 Å². The number of hydrogen-bond donors (Lipinski definition) is 3. The number of carbonyl (C=O) groups is 2. The summed E-state index contributed by atoms with van der Waals surface area (Å²) in [5.74, 6) is -0.405. The van der Waals surface area contributed by atoms with Crippen molar-refractivity contribution >= 4 is 39.0 Å². The van der Waals surface area contributed by atoms with Crippen LogP contribution in [-0.4, -0.2) is 50.6 Å². The summed E-state index contributed by atoms with van der Waals surface area (Å²) in [6.07, 6.45) is 0. The number of benzene rings is 3. The number of anilines is 3. The highest BCUT2D eigenvalue weighted by Crippen LogP contribution is 2.37. The average molecular weight is 484 g/mol. The van der Waals surface area contributed by atoms with Gasteiger partial charge in [0, 0.05) is 29.0 Å². The highest BCUT2D eigenvalue weighted by Gasteiger charge is 2.33. The second-order valence-electron chi connectivity index (χ2n) is 7.77. The summed E-state index contributed by atoms with van der Waals surface area (Å²) in [5.41, 5.74) is 10.4. The zero-order valence-corrected chi connectivity index (χ0v) is 19.7. The number of fused-ring (bicyclic) bond motifs is 2. The lowest BCUT2D eigenvalue weighted by Crippen LogP contribution is -2.23. The Labute approximate surface area is 198 Å². The van der Waals surface area contributed by atoms with Crippen molar-refractivity contribution in [3.8, 4) is 0 Å². The van der Waals surface area contributed by atoms with Gasteiger partial charge in [-0.2, -0.15) is 8.42 Å². The number of para-hydroxylation sites is 1. The minimum atomic E-state index is -4.16. The lowest BCUT2D eigenvalue weighted by Gasteiger charge is -2.23. The maximum absolute atomic E-state index is 13.2. The van der Waals surface area contributed by atoms with Crippen LogP contribution >= 0.6 is 0 Å². The third-order valence-corrected chi connectivity index (χ3v) is 5.51. The molecule has 0 saturated carbocycles. The normalized spacial score (nSPS) is 12.5. The summed E-state index contributed by atoms with van der Waals surface area (Å²) < 4.78 is 29.7. The van der Waals surface area contributed by atoms with Crippen LogP contribution in [0.15, 0.2) is 60.7 Å². The minimum absolute atomic E-state index is 0.190. The van der Waals surface area contributed by atoms with Gasteiger partial charge in [0.2, 0.25) is 0 Å². The molecule has 3 aromatic rings. The molecule has 0 radical (unpaired) electrons. The molecule has 0 bridgehead atoms. The Morgan fingerprint density at radius 3 is 1.97 bits per heavy atom. The van der Waals surface area contributed by atoms with Gasteiger partial charge in [-0.05, 0) is 37.9 Å². The minimum Gasteiger partial charge on any atom is -0.398 e. The molecule has 0 atom stereocenters. The first-order chi connectivity index (χ1) is 16.0. The number of hydrogen-bond acceptors (Lipinski definition) is 8. The third kappa shape index (κ3) is 5.49. The molecule has 0 heterocycles. The molecular formula is C24H25N3O6S. The lowest BCUT2D eigenvalue weighted by molar-refractivity contribution is 0.0980. The van der Waals surface area contributed by atoms with Crippen LogP contribution in [0.4, 0.5) is 17.1 Å². The summed E-state index contributed by atoms with van der Waals surface area (Å²) in [5, 5.41) is 3.36. The van der Waals surface area contributed by atoms with E-state index in [1.54, 1.807) is 36.4 Å². The molecule has 0 aliphatic heterocycles. The standard InChI is InChI=1S/C23H21N3O2.CH4O4S/c1-26(2)13-14-7-3-6-10-18(14)25-19-12-11-17(24)20-21(19)23(28)16-9-5-4-8-15(16)22(20)27;1-5-6(2,3)4/h3-12,25H,13,24H2,1-2H3;1H3,(H,2,3,4). The van der Waals surface area contributed by atoms with Crippen molar-refractivity contribution in [2.24, 2.45) is 0 Å². The van der Waals surface area contributed by atoms with Crippen molar-refractivity contribution in [3.63, 3.8) is 0 Å². The molecule has 34 heavy (non-hydrogen) atoms. The molecule has 0 saturated heterocycles. The van der Waals surface area contributed by atoms with Gasteiger partial charge in [-0.3, -0.25) is 18.3 Å². The monoisotopic (exact) mass is 483 g/mol. The zero-order valence-electron chi connectivity index (χ0n) is 18.9. The molecule has 0 aromatic heterocycles. The maximum atomic E-state index is 13.2. The Kier molecular flexibility index (Phi) is 7.48. The molecule has 10 heteroatoms. The highest BCUT2D eigenvalue weighted by atomic mass is 32.3. The van der Waals surface area contributed by atoms with Crippen LogP contribution in [0.5, 0.6) is 0 Å². The van der Waals surface area contributed by atoms with E-state index >= 15 is 0 Å². The summed E-state index contributed by atoms with van der Waals surface area (Å²) in [6.45, 7) is 0.746. The van der Waals surface area contributed by atoms with E-state index in [4.69, 9.17) is 10.3 Å². The fourth-order valence-electron chi connectivity index (χ4n) is 3.62. The van der Waals surface area contributed by atoms with Crippen molar-refractivity contribution in [1.82, 2.24) is 4.90 Å². The van der Waals surface area contributed by atoms with Crippen LogP contribution < -0.4 is 11.1 Å². The molecule has 4 N–H and O–H groups in total. The average Bonchev–Trinajstić information content (AvgIpc) is 2.79. The maximum Gasteiger partial charge on any atom is 0.397 e. The molecule has 0 spiro atoms. The predicted molar refractivity (Wildman–Crippen MR) is 130 cm³/mol. The van der Waals surface area contributed by atoms with Crippen LogP contribution in [0.1, 0.15) is 37.4 Å². The molecule has 1 aliphatic carbocycles. The summed E-state index contributed by atoms with van der Waals surface area (Å²) in [7, 11) is 0.710. The number of nitrogens with one attached hydrogen (secondary N) is 1. The number of nitrogens with zero attached hydrogens (tertiary/aromatic N) is 1. The van der Waals surface area contributed by atoms with Gasteiger partial charge in [-0.15, -0.1) is 0 Å². The van der Waals surface area contributed by atoms with Crippen LogP contribution in [0.2, 0.25) is 0 Å². The van der Waals surface area contributed by atoms with E-state index in [0.717, 1.165) is 24.9 Å². The van der Waals surface area contributed by atoms with Gasteiger partial charge in [0.1, 0.15) is 0 Å². The molecule has 0 unspecified atom stereocenters. The van der Waals surface area contributed by atoms with Gasteiger partial charge >= 0.3 is 10.4 Å². The number of ketones is 2. The fraction of sp³-hybridized carbons (Fsp3) is 0.167. The Bertz CT molecular complexity index is 1350. The first-order valence-corrected chi connectivity index (χ1v) is 11.5. The Hall–Kier alpha value is -3.57. The van der Waals surface area contributed by atoms with Gasteiger partial charge in [-0.25, -0.2) is 0 Å². The molecular weight excluding hydrogens is 458 g/mol. The van der Waals surface area contributed by atoms with Crippen LogP contribution in [-0.2, 0) is 21.1 Å². The molecule has 0 fully saturated rings. The third-order valence-electron chi connectivity index (χ3n) is 5.09. The molecule has 3 aromatic carbocycles. The predicted octanol–water partition coefficient (Wildman–Crippen LogP) is 3.29. The quantitative estimate of drug-likeness (QED) is 0.288. The summed E-state index contributed by atoms with van der Waals surface area (Å²) in [4.78, 5) is 28.3. The van der Waals surface area contributed by atoms with E-state index in [0.29, 0.717) is 28.1 Å². The number of carbonyl (C=O) groups excluding carboxylic acids is 2. The van der Waals surface area contributed by atoms with Gasteiger partial charge in [0.25, 0.3) is 0 Å². The second kappa shape index (κ2) is 10.1. The lowest BCUT2D eigenvalue weighted by atomic mass is 9.82. The number of nitrogen functional groups attached to an aromatic ring is 1. The zero-order chi connectivity index (χ0) is 25.0. The SMILES string of the molecule is CN(C)Cc1ccccc1Nc1ccc(N)c2c1C(=O)c1ccccc1C2=O.COS(=O)(=O)O. The van der Waals surface area contributed by atoms with Gasteiger partial charge in [0.05, 0.1) is 23.9 Å². The molecule has 178 valence electrons. The number of nitrogens with two attached hydrogens (primary N) is 1.